The van der Waals surface area contributed by atoms with Crippen LogP contribution in [-0.4, -0.2) is 19.9 Å². The molecule has 98 valence electrons. The van der Waals surface area contributed by atoms with Gasteiger partial charge in [0, 0.05) is 19.2 Å². The number of hydrogen-bond acceptors (Lipinski definition) is 2. The second-order valence-electron chi connectivity index (χ2n) is 4.98. The Morgan fingerprint density at radius 3 is 2.33 bits per heavy atom. The van der Waals surface area contributed by atoms with Gasteiger partial charge in [0.1, 0.15) is 23.6 Å². The van der Waals surface area contributed by atoms with Crippen molar-refractivity contribution in [3.05, 3.63) is 29.3 Å². The Morgan fingerprint density at radius 1 is 1.28 bits per heavy atom. The molecule has 1 aliphatic carbocycles. The molecule has 0 N–H and O–H groups in total. The monoisotopic (exact) mass is 253 g/mol. The zero-order chi connectivity index (χ0) is 13.1. The molecule has 2 rings (SSSR count). The third kappa shape index (κ3) is 2.68. The summed E-state index contributed by atoms with van der Waals surface area (Å²) in [7, 11) is 1.69. The van der Waals surface area contributed by atoms with Gasteiger partial charge in [0.15, 0.2) is 0 Å². The molecule has 1 fully saturated rings. The first kappa shape index (κ1) is 13.0. The third-order valence-electron chi connectivity index (χ3n) is 3.56. The quantitative estimate of drug-likeness (QED) is 0.766. The average Bonchev–Trinajstić information content (AvgIpc) is 2.80. The van der Waals surface area contributed by atoms with E-state index in [9.17, 15) is 13.6 Å². The molecule has 0 aromatic heterocycles. The molecule has 0 heterocycles. The van der Waals surface area contributed by atoms with Gasteiger partial charge in [0.25, 0.3) is 0 Å². The van der Waals surface area contributed by atoms with Gasteiger partial charge in [0.2, 0.25) is 0 Å². The van der Waals surface area contributed by atoms with Crippen LogP contribution < -0.4 is 4.90 Å². The van der Waals surface area contributed by atoms with Crippen molar-refractivity contribution in [3.63, 3.8) is 0 Å². The van der Waals surface area contributed by atoms with Gasteiger partial charge >= 0.3 is 0 Å². The van der Waals surface area contributed by atoms with E-state index < -0.39 is 11.6 Å². The Labute approximate surface area is 106 Å². The number of nitrogens with zero attached hydrogens (tertiary/aromatic N) is 1. The lowest BCUT2D eigenvalue weighted by atomic mass is 10.1. The SMILES string of the molecule is CN(CC1CCCC1)c1c(F)cc(C=O)cc1F. The van der Waals surface area contributed by atoms with Crippen LogP contribution in [-0.2, 0) is 0 Å². The van der Waals surface area contributed by atoms with Gasteiger partial charge in [-0.05, 0) is 30.9 Å². The summed E-state index contributed by atoms with van der Waals surface area (Å²) in [6.07, 6.45) is 5.11. The van der Waals surface area contributed by atoms with Crippen LogP contribution in [0.4, 0.5) is 14.5 Å². The van der Waals surface area contributed by atoms with Crippen LogP contribution in [0.25, 0.3) is 0 Å². The molecule has 0 unspecified atom stereocenters. The topological polar surface area (TPSA) is 20.3 Å². The maximum atomic E-state index is 13.8. The van der Waals surface area contributed by atoms with Crippen LogP contribution in [0.2, 0.25) is 0 Å². The van der Waals surface area contributed by atoms with Crippen molar-refractivity contribution in [1.82, 2.24) is 0 Å². The summed E-state index contributed by atoms with van der Waals surface area (Å²) >= 11 is 0. The van der Waals surface area contributed by atoms with Crippen LogP contribution >= 0.6 is 0 Å². The highest BCUT2D eigenvalue weighted by Crippen LogP contribution is 2.29. The standard InChI is InChI=1S/C14H17F2NO/c1-17(8-10-4-2-3-5-10)14-12(15)6-11(9-18)7-13(14)16/h6-7,9-10H,2-5,8H2,1H3. The van der Waals surface area contributed by atoms with Crippen LogP contribution in [0, 0.1) is 17.6 Å². The fraction of sp³-hybridized carbons (Fsp3) is 0.500. The molecule has 0 atom stereocenters. The van der Waals surface area contributed by atoms with Gasteiger partial charge < -0.3 is 4.90 Å². The number of halogens is 2. The highest BCUT2D eigenvalue weighted by Gasteiger charge is 2.21. The molecule has 0 radical (unpaired) electrons. The second-order valence-corrected chi connectivity index (χ2v) is 4.98. The van der Waals surface area contributed by atoms with E-state index in [2.05, 4.69) is 0 Å². The van der Waals surface area contributed by atoms with E-state index in [0.717, 1.165) is 25.0 Å². The minimum absolute atomic E-state index is 0.0306. The lowest BCUT2D eigenvalue weighted by Gasteiger charge is -2.24. The molecule has 2 nitrogen and oxygen atoms in total. The highest BCUT2D eigenvalue weighted by molar-refractivity contribution is 5.76. The minimum Gasteiger partial charge on any atom is -0.370 e. The van der Waals surface area contributed by atoms with E-state index in [4.69, 9.17) is 0 Å². The molecular formula is C14H17F2NO. The summed E-state index contributed by atoms with van der Waals surface area (Å²) in [4.78, 5) is 12.1. The second kappa shape index (κ2) is 5.46. The summed E-state index contributed by atoms with van der Waals surface area (Å²) < 4.78 is 27.6. The zero-order valence-corrected chi connectivity index (χ0v) is 10.5. The van der Waals surface area contributed by atoms with Gasteiger partial charge in [-0.1, -0.05) is 12.8 Å². The van der Waals surface area contributed by atoms with Gasteiger partial charge in [-0.3, -0.25) is 4.79 Å². The fourth-order valence-corrected chi connectivity index (χ4v) is 2.69. The number of rotatable bonds is 4. The van der Waals surface area contributed by atoms with Gasteiger partial charge in [-0.2, -0.15) is 0 Å². The Balaban J connectivity index is 2.18. The minimum atomic E-state index is -0.669. The van der Waals surface area contributed by atoms with E-state index in [1.54, 1.807) is 11.9 Å². The molecule has 4 heteroatoms. The largest absolute Gasteiger partial charge is 0.370 e. The Bertz CT molecular complexity index is 418. The van der Waals surface area contributed by atoms with E-state index in [1.165, 1.54) is 12.8 Å². The van der Waals surface area contributed by atoms with Crippen molar-refractivity contribution in [1.29, 1.82) is 0 Å². The number of carbonyl (C=O) groups excluding carboxylic acids is 1. The van der Waals surface area contributed by atoms with Crippen LogP contribution in [0.3, 0.4) is 0 Å². The molecule has 0 spiro atoms. The molecule has 1 aromatic rings. The number of benzene rings is 1. The fourth-order valence-electron chi connectivity index (χ4n) is 2.69. The van der Waals surface area contributed by atoms with Crippen LogP contribution in [0.1, 0.15) is 36.0 Å². The van der Waals surface area contributed by atoms with Crippen molar-refractivity contribution in [3.8, 4) is 0 Å². The number of anilines is 1. The molecule has 1 aromatic carbocycles. The summed E-state index contributed by atoms with van der Waals surface area (Å²) in [5.74, 6) is -0.824. The lowest BCUT2D eigenvalue weighted by molar-refractivity contribution is 0.112. The summed E-state index contributed by atoms with van der Waals surface area (Å²) in [6, 6.07) is 2.16. The molecular weight excluding hydrogens is 236 g/mol. The smallest absolute Gasteiger partial charge is 0.150 e. The van der Waals surface area contributed by atoms with Crippen molar-refractivity contribution < 1.29 is 13.6 Å². The van der Waals surface area contributed by atoms with Crippen molar-refractivity contribution in [2.24, 2.45) is 5.92 Å². The van der Waals surface area contributed by atoms with Crippen LogP contribution in [0.15, 0.2) is 12.1 Å². The molecule has 0 amide bonds. The molecule has 1 saturated carbocycles. The lowest BCUT2D eigenvalue weighted by Crippen LogP contribution is -2.26. The first-order valence-corrected chi connectivity index (χ1v) is 6.27. The molecule has 1 aliphatic rings. The number of carbonyl (C=O) groups is 1. The van der Waals surface area contributed by atoms with E-state index >= 15 is 0 Å². The van der Waals surface area contributed by atoms with E-state index in [1.807, 2.05) is 0 Å². The number of hydrogen-bond donors (Lipinski definition) is 0. The van der Waals surface area contributed by atoms with E-state index in [-0.39, 0.29) is 11.3 Å². The first-order chi connectivity index (χ1) is 8.61. The van der Waals surface area contributed by atoms with Gasteiger partial charge in [-0.25, -0.2) is 8.78 Å². The first-order valence-electron chi connectivity index (χ1n) is 6.27. The Kier molecular flexibility index (Phi) is 3.94. The zero-order valence-electron chi connectivity index (χ0n) is 10.5. The normalized spacial score (nSPS) is 15.9. The summed E-state index contributed by atoms with van der Waals surface area (Å²) in [5.41, 5.74) is -0.00415. The molecule has 0 bridgehead atoms. The maximum absolute atomic E-state index is 13.8. The van der Waals surface area contributed by atoms with Crippen molar-refractivity contribution in [2.75, 3.05) is 18.5 Å². The number of aldehydes is 1. The predicted molar refractivity (Wildman–Crippen MR) is 67.0 cm³/mol. The van der Waals surface area contributed by atoms with E-state index in [0.29, 0.717) is 18.7 Å². The third-order valence-corrected chi connectivity index (χ3v) is 3.56. The highest BCUT2D eigenvalue weighted by atomic mass is 19.1. The Hall–Kier alpha value is -1.45. The average molecular weight is 253 g/mol. The van der Waals surface area contributed by atoms with Crippen molar-refractivity contribution >= 4 is 12.0 Å². The molecule has 0 saturated heterocycles. The summed E-state index contributed by atoms with van der Waals surface area (Å²) in [5, 5.41) is 0. The molecule has 18 heavy (non-hydrogen) atoms. The van der Waals surface area contributed by atoms with Crippen LogP contribution in [0.5, 0.6) is 0 Å². The van der Waals surface area contributed by atoms with Crippen molar-refractivity contribution in [2.45, 2.75) is 25.7 Å². The summed E-state index contributed by atoms with van der Waals surface area (Å²) in [6.45, 7) is 0.661. The maximum Gasteiger partial charge on any atom is 0.150 e. The van der Waals surface area contributed by atoms with Gasteiger partial charge in [-0.15, -0.1) is 0 Å². The molecule has 0 aliphatic heterocycles. The Morgan fingerprint density at radius 2 is 1.83 bits per heavy atom. The predicted octanol–water partition coefficient (Wildman–Crippen LogP) is 3.40. The van der Waals surface area contributed by atoms with Gasteiger partial charge in [0.05, 0.1) is 0 Å².